The standard InChI is InChI=1S/C42H42N2O/c1-42(31-43,37-19-13-18-36(30-37)41(45)35-16-5-4-6-17-35)26-11-2-3-12-27-44-28-24-34(25-29-44)40-38-20-9-7-14-32(38)22-23-33-15-8-10-21-39(33)40/h4-10,13-23,30H,2-3,11-12,24-29H2,1H3. The molecule has 2 aliphatic rings. The third kappa shape index (κ3) is 6.93. The van der Waals surface area contributed by atoms with Crippen molar-refractivity contribution < 1.29 is 4.79 Å². The van der Waals surface area contributed by atoms with E-state index in [0.29, 0.717) is 11.1 Å². The lowest BCUT2D eigenvalue weighted by atomic mass is 9.78. The van der Waals surface area contributed by atoms with E-state index in [1.165, 1.54) is 40.7 Å². The zero-order chi connectivity index (χ0) is 31.1. The predicted molar refractivity (Wildman–Crippen MR) is 186 cm³/mol. The second-order valence-electron chi connectivity index (χ2n) is 12.7. The number of carbonyl (C=O) groups is 1. The second kappa shape index (κ2) is 14.1. The first kappa shape index (κ1) is 30.5. The molecule has 1 heterocycles. The van der Waals surface area contributed by atoms with Gasteiger partial charge in [-0.3, -0.25) is 4.79 Å². The highest BCUT2D eigenvalue weighted by molar-refractivity contribution is 6.09. The first-order chi connectivity index (χ1) is 22.1. The number of likely N-dealkylation sites (tertiary alicyclic amines) is 1. The van der Waals surface area contributed by atoms with Crippen molar-refractivity contribution in [3.8, 4) is 6.07 Å². The molecule has 0 bridgehead atoms. The molecule has 4 aromatic carbocycles. The first-order valence-corrected chi connectivity index (χ1v) is 16.5. The van der Waals surface area contributed by atoms with Gasteiger partial charge < -0.3 is 4.90 Å². The average molecular weight is 591 g/mol. The number of carbonyl (C=O) groups excluding carboxylic acids is 1. The fourth-order valence-electron chi connectivity index (χ4n) is 6.93. The Balaban J connectivity index is 0.999. The van der Waals surface area contributed by atoms with Gasteiger partial charge in [0.2, 0.25) is 0 Å². The van der Waals surface area contributed by atoms with E-state index >= 15 is 0 Å². The van der Waals surface area contributed by atoms with Crippen LogP contribution in [0.3, 0.4) is 0 Å². The molecule has 1 aliphatic carbocycles. The van der Waals surface area contributed by atoms with Gasteiger partial charge in [-0.2, -0.15) is 5.26 Å². The molecule has 0 radical (unpaired) electrons. The normalized spacial score (nSPS) is 15.8. The molecule has 0 saturated carbocycles. The Labute approximate surface area is 268 Å². The lowest BCUT2D eigenvalue weighted by Crippen LogP contribution is -2.32. The summed E-state index contributed by atoms with van der Waals surface area (Å²) in [5.74, 6) is -0.000327. The maximum atomic E-state index is 13.0. The summed E-state index contributed by atoms with van der Waals surface area (Å²) in [5, 5.41) is 10.1. The maximum Gasteiger partial charge on any atom is 0.193 e. The van der Waals surface area contributed by atoms with E-state index in [0.717, 1.165) is 57.3 Å². The van der Waals surface area contributed by atoms with Gasteiger partial charge in [-0.15, -0.1) is 0 Å². The SMILES string of the molecule is CC(C#N)(CCCCCCN1CCC(=C2c3ccccc3C=Cc3ccccc32)CC1)c1cccc(C(=O)c2ccccc2)c1. The summed E-state index contributed by atoms with van der Waals surface area (Å²) >= 11 is 0. The number of benzene rings is 4. The van der Waals surface area contributed by atoms with Crippen LogP contribution in [0.4, 0.5) is 0 Å². The summed E-state index contributed by atoms with van der Waals surface area (Å²) in [6.07, 6.45) is 12.0. The van der Waals surface area contributed by atoms with Gasteiger partial charge in [0.15, 0.2) is 5.78 Å². The molecule has 6 rings (SSSR count). The van der Waals surface area contributed by atoms with E-state index in [1.807, 2.05) is 61.5 Å². The monoisotopic (exact) mass is 590 g/mol. The van der Waals surface area contributed by atoms with Crippen molar-refractivity contribution in [1.29, 1.82) is 5.26 Å². The van der Waals surface area contributed by atoms with Crippen molar-refractivity contribution in [2.24, 2.45) is 0 Å². The van der Waals surface area contributed by atoms with E-state index in [1.54, 1.807) is 5.57 Å². The molecule has 45 heavy (non-hydrogen) atoms. The number of hydrogen-bond donors (Lipinski definition) is 0. The summed E-state index contributed by atoms with van der Waals surface area (Å²) in [6, 6.07) is 37.2. The van der Waals surface area contributed by atoms with Crippen LogP contribution in [0, 0.1) is 11.3 Å². The largest absolute Gasteiger partial charge is 0.303 e. The van der Waals surface area contributed by atoms with Crippen molar-refractivity contribution in [2.75, 3.05) is 19.6 Å². The summed E-state index contributed by atoms with van der Waals surface area (Å²) in [5.41, 5.74) is 10.0. The Morgan fingerprint density at radius 3 is 2.00 bits per heavy atom. The van der Waals surface area contributed by atoms with Crippen molar-refractivity contribution in [3.05, 3.63) is 148 Å². The number of rotatable bonds is 10. The molecule has 1 aliphatic heterocycles. The molecule has 226 valence electrons. The molecule has 1 saturated heterocycles. The summed E-state index contributed by atoms with van der Waals surface area (Å²) in [6.45, 7) is 5.37. The molecule has 1 fully saturated rings. The van der Waals surface area contributed by atoms with Gasteiger partial charge in [0.1, 0.15) is 0 Å². The van der Waals surface area contributed by atoms with Crippen molar-refractivity contribution in [1.82, 2.24) is 4.90 Å². The Morgan fingerprint density at radius 2 is 1.33 bits per heavy atom. The molecule has 0 spiro atoms. The van der Waals surface area contributed by atoms with E-state index in [9.17, 15) is 10.1 Å². The number of nitrogens with zero attached hydrogens (tertiary/aromatic N) is 2. The van der Waals surface area contributed by atoms with Gasteiger partial charge in [0.05, 0.1) is 11.5 Å². The number of nitriles is 1. The first-order valence-electron chi connectivity index (χ1n) is 16.5. The van der Waals surface area contributed by atoms with Crippen molar-refractivity contribution >= 4 is 23.5 Å². The van der Waals surface area contributed by atoms with Crippen LogP contribution >= 0.6 is 0 Å². The van der Waals surface area contributed by atoms with E-state index < -0.39 is 5.41 Å². The molecular weight excluding hydrogens is 548 g/mol. The van der Waals surface area contributed by atoms with Crippen LogP contribution in [0.25, 0.3) is 17.7 Å². The van der Waals surface area contributed by atoms with Gasteiger partial charge in [-0.25, -0.2) is 0 Å². The van der Waals surface area contributed by atoms with Crippen molar-refractivity contribution in [2.45, 2.75) is 57.3 Å². The third-order valence-corrected chi connectivity index (χ3v) is 9.66. The highest BCUT2D eigenvalue weighted by Crippen LogP contribution is 2.39. The van der Waals surface area contributed by atoms with Crippen LogP contribution in [0.15, 0.2) is 109 Å². The van der Waals surface area contributed by atoms with Crippen LogP contribution in [0.5, 0.6) is 0 Å². The van der Waals surface area contributed by atoms with Gasteiger partial charge >= 0.3 is 0 Å². The molecule has 4 aromatic rings. The Bertz CT molecular complexity index is 1700. The highest BCUT2D eigenvalue weighted by atomic mass is 16.1. The Morgan fingerprint density at radius 1 is 0.733 bits per heavy atom. The lowest BCUT2D eigenvalue weighted by Gasteiger charge is -2.30. The Hall–Kier alpha value is -4.52. The van der Waals surface area contributed by atoms with Crippen LogP contribution in [-0.4, -0.2) is 30.3 Å². The number of piperidine rings is 1. The molecule has 0 N–H and O–H groups in total. The molecule has 0 amide bonds. The molecule has 1 atom stereocenters. The fraction of sp³-hybridized carbons (Fsp3) is 0.286. The van der Waals surface area contributed by atoms with Gasteiger partial charge in [-0.05, 0) is 78.6 Å². The van der Waals surface area contributed by atoms with Crippen LogP contribution in [-0.2, 0) is 5.41 Å². The maximum absolute atomic E-state index is 13.0. The van der Waals surface area contributed by atoms with Gasteiger partial charge in [0, 0.05) is 24.2 Å². The smallest absolute Gasteiger partial charge is 0.193 e. The van der Waals surface area contributed by atoms with Crippen LogP contribution < -0.4 is 0 Å². The minimum absolute atomic E-state index is 0.000327. The van der Waals surface area contributed by atoms with Crippen LogP contribution in [0.1, 0.15) is 95.6 Å². The zero-order valence-electron chi connectivity index (χ0n) is 26.3. The minimum Gasteiger partial charge on any atom is -0.303 e. The van der Waals surface area contributed by atoms with Gasteiger partial charge in [0.25, 0.3) is 0 Å². The average Bonchev–Trinajstić information content (AvgIpc) is 3.27. The number of hydrogen-bond acceptors (Lipinski definition) is 3. The predicted octanol–water partition coefficient (Wildman–Crippen LogP) is 9.73. The molecule has 3 heteroatoms. The second-order valence-corrected chi connectivity index (χ2v) is 12.7. The number of unbranched alkanes of at least 4 members (excludes halogenated alkanes) is 3. The quantitative estimate of drug-likeness (QED) is 0.120. The fourth-order valence-corrected chi connectivity index (χ4v) is 6.93. The van der Waals surface area contributed by atoms with Crippen LogP contribution in [0.2, 0.25) is 0 Å². The summed E-state index contributed by atoms with van der Waals surface area (Å²) in [4.78, 5) is 15.6. The lowest BCUT2D eigenvalue weighted by molar-refractivity contribution is 0.103. The van der Waals surface area contributed by atoms with E-state index in [4.69, 9.17) is 0 Å². The zero-order valence-corrected chi connectivity index (χ0v) is 26.3. The molecule has 3 nitrogen and oxygen atoms in total. The van der Waals surface area contributed by atoms with Crippen molar-refractivity contribution in [3.63, 3.8) is 0 Å². The summed E-state index contributed by atoms with van der Waals surface area (Å²) in [7, 11) is 0. The highest BCUT2D eigenvalue weighted by Gasteiger charge is 2.27. The molecular formula is C42H42N2O. The Kier molecular flexibility index (Phi) is 9.53. The van der Waals surface area contributed by atoms with E-state index in [-0.39, 0.29) is 5.78 Å². The number of fused-ring (bicyclic) bond motifs is 2. The third-order valence-electron chi connectivity index (χ3n) is 9.66. The molecule has 0 aromatic heterocycles. The topological polar surface area (TPSA) is 44.1 Å². The summed E-state index contributed by atoms with van der Waals surface area (Å²) < 4.78 is 0. The number of ketones is 1. The van der Waals surface area contributed by atoms with Gasteiger partial charge in [-0.1, -0.05) is 134 Å². The minimum atomic E-state index is -0.603. The molecule has 1 unspecified atom stereocenters. The van der Waals surface area contributed by atoms with E-state index in [2.05, 4.69) is 71.7 Å².